The van der Waals surface area contributed by atoms with Crippen molar-refractivity contribution in [1.82, 2.24) is 0 Å². The van der Waals surface area contributed by atoms with Crippen LogP contribution in [0.1, 0.15) is 12.0 Å². The first-order chi connectivity index (χ1) is 6.54. The predicted molar refractivity (Wildman–Crippen MR) is 58.6 cm³/mol. The standard InChI is InChI=1S/C10H13ClO2S/c1-14(12,13)10-6-2-4-9(8-10)5-3-7-11/h2,4,6,8H,3,5,7H2,1H3. The van der Waals surface area contributed by atoms with E-state index >= 15 is 0 Å². The van der Waals surface area contributed by atoms with E-state index in [1.54, 1.807) is 18.2 Å². The van der Waals surface area contributed by atoms with E-state index in [4.69, 9.17) is 11.6 Å². The van der Waals surface area contributed by atoms with E-state index in [1.807, 2.05) is 6.07 Å². The largest absolute Gasteiger partial charge is 0.224 e. The number of hydrogen-bond donors (Lipinski definition) is 0. The second-order valence-electron chi connectivity index (χ2n) is 3.21. The number of rotatable bonds is 4. The van der Waals surface area contributed by atoms with Gasteiger partial charge in [-0.05, 0) is 30.5 Å². The van der Waals surface area contributed by atoms with E-state index in [0.717, 1.165) is 18.4 Å². The average molecular weight is 233 g/mol. The van der Waals surface area contributed by atoms with Gasteiger partial charge in [0.2, 0.25) is 0 Å². The summed E-state index contributed by atoms with van der Waals surface area (Å²) in [6.07, 6.45) is 2.91. The topological polar surface area (TPSA) is 34.1 Å². The highest BCUT2D eigenvalue weighted by atomic mass is 35.5. The van der Waals surface area contributed by atoms with Crippen molar-refractivity contribution in [2.75, 3.05) is 12.1 Å². The maximum atomic E-state index is 11.2. The molecule has 0 unspecified atom stereocenters. The summed E-state index contributed by atoms with van der Waals surface area (Å²) in [5.74, 6) is 0.600. The van der Waals surface area contributed by atoms with Crippen molar-refractivity contribution >= 4 is 21.4 Å². The fraction of sp³-hybridized carbons (Fsp3) is 0.400. The van der Waals surface area contributed by atoms with Gasteiger partial charge in [-0.1, -0.05) is 12.1 Å². The molecule has 0 bridgehead atoms. The number of halogens is 1. The maximum Gasteiger partial charge on any atom is 0.175 e. The lowest BCUT2D eigenvalue weighted by molar-refractivity contribution is 0.601. The number of aryl methyl sites for hydroxylation is 1. The van der Waals surface area contributed by atoms with Crippen molar-refractivity contribution in [2.24, 2.45) is 0 Å². The Morgan fingerprint density at radius 3 is 2.64 bits per heavy atom. The quantitative estimate of drug-likeness (QED) is 0.747. The van der Waals surface area contributed by atoms with E-state index in [2.05, 4.69) is 0 Å². The summed E-state index contributed by atoms with van der Waals surface area (Å²) in [7, 11) is -3.08. The minimum atomic E-state index is -3.08. The van der Waals surface area contributed by atoms with Crippen LogP contribution in [0.5, 0.6) is 0 Å². The van der Waals surface area contributed by atoms with E-state index in [0.29, 0.717) is 10.8 Å². The minimum absolute atomic E-state index is 0.379. The van der Waals surface area contributed by atoms with Gasteiger partial charge >= 0.3 is 0 Å². The molecular formula is C10H13ClO2S. The third kappa shape index (κ3) is 3.31. The van der Waals surface area contributed by atoms with Gasteiger partial charge in [0.15, 0.2) is 9.84 Å². The molecule has 0 aromatic heterocycles. The summed E-state index contributed by atoms with van der Waals surface area (Å²) >= 11 is 5.56. The Balaban J connectivity index is 2.90. The van der Waals surface area contributed by atoms with Gasteiger partial charge in [-0.3, -0.25) is 0 Å². The van der Waals surface area contributed by atoms with Gasteiger partial charge in [-0.2, -0.15) is 0 Å². The fourth-order valence-electron chi connectivity index (χ4n) is 1.20. The zero-order valence-corrected chi connectivity index (χ0v) is 9.61. The molecule has 0 aliphatic heterocycles. The van der Waals surface area contributed by atoms with Gasteiger partial charge in [0.25, 0.3) is 0 Å². The van der Waals surface area contributed by atoms with Gasteiger partial charge in [0.1, 0.15) is 0 Å². The number of benzene rings is 1. The Kier molecular flexibility index (Phi) is 3.96. The molecule has 0 aliphatic rings. The van der Waals surface area contributed by atoms with Crippen LogP contribution in [0.3, 0.4) is 0 Å². The molecule has 2 nitrogen and oxygen atoms in total. The molecule has 0 saturated carbocycles. The zero-order valence-electron chi connectivity index (χ0n) is 8.03. The molecule has 0 heterocycles. The Bertz CT molecular complexity index is 398. The molecule has 0 aliphatic carbocycles. The van der Waals surface area contributed by atoms with Gasteiger partial charge in [-0.25, -0.2) is 8.42 Å². The average Bonchev–Trinajstić information content (AvgIpc) is 2.14. The smallest absolute Gasteiger partial charge is 0.175 e. The third-order valence-electron chi connectivity index (χ3n) is 1.93. The van der Waals surface area contributed by atoms with Crippen LogP contribution in [-0.4, -0.2) is 20.6 Å². The lowest BCUT2D eigenvalue weighted by Crippen LogP contribution is -1.98. The SMILES string of the molecule is CS(=O)(=O)c1cccc(CCCCl)c1. The number of sulfone groups is 1. The highest BCUT2D eigenvalue weighted by Gasteiger charge is 2.06. The minimum Gasteiger partial charge on any atom is -0.224 e. The Morgan fingerprint density at radius 1 is 1.36 bits per heavy atom. The number of hydrogen-bond acceptors (Lipinski definition) is 2. The van der Waals surface area contributed by atoms with Crippen molar-refractivity contribution in [3.8, 4) is 0 Å². The summed E-state index contributed by atoms with van der Waals surface area (Å²) in [5.41, 5.74) is 1.02. The summed E-state index contributed by atoms with van der Waals surface area (Å²) in [4.78, 5) is 0.379. The molecule has 4 heteroatoms. The van der Waals surface area contributed by atoms with Crippen LogP contribution in [0.2, 0.25) is 0 Å². The van der Waals surface area contributed by atoms with E-state index < -0.39 is 9.84 Å². The molecular weight excluding hydrogens is 220 g/mol. The van der Waals surface area contributed by atoms with Crippen LogP contribution >= 0.6 is 11.6 Å². The second-order valence-corrected chi connectivity index (χ2v) is 5.61. The van der Waals surface area contributed by atoms with E-state index in [1.165, 1.54) is 6.26 Å². The first-order valence-electron chi connectivity index (χ1n) is 4.39. The van der Waals surface area contributed by atoms with Crippen LogP contribution in [0.25, 0.3) is 0 Å². The summed E-state index contributed by atoms with van der Waals surface area (Å²) in [5, 5.41) is 0. The number of alkyl halides is 1. The van der Waals surface area contributed by atoms with Crippen molar-refractivity contribution in [3.05, 3.63) is 29.8 Å². The molecule has 0 amide bonds. The molecule has 0 N–H and O–H groups in total. The molecule has 1 rings (SSSR count). The van der Waals surface area contributed by atoms with Gasteiger partial charge < -0.3 is 0 Å². The Labute approximate surface area is 89.8 Å². The van der Waals surface area contributed by atoms with Crippen LogP contribution in [-0.2, 0) is 16.3 Å². The second kappa shape index (κ2) is 4.80. The first kappa shape index (κ1) is 11.5. The molecule has 0 saturated heterocycles. The van der Waals surface area contributed by atoms with E-state index in [9.17, 15) is 8.42 Å². The Hall–Kier alpha value is -0.540. The van der Waals surface area contributed by atoms with Gasteiger partial charge in [-0.15, -0.1) is 11.6 Å². The predicted octanol–water partition coefficient (Wildman–Crippen LogP) is 2.26. The van der Waals surface area contributed by atoms with Crippen LogP contribution in [0.15, 0.2) is 29.2 Å². The van der Waals surface area contributed by atoms with Crippen molar-refractivity contribution in [3.63, 3.8) is 0 Å². The highest BCUT2D eigenvalue weighted by molar-refractivity contribution is 7.90. The van der Waals surface area contributed by atoms with Gasteiger partial charge in [0.05, 0.1) is 4.90 Å². The molecule has 78 valence electrons. The van der Waals surface area contributed by atoms with Crippen LogP contribution in [0.4, 0.5) is 0 Å². The molecule has 1 aromatic carbocycles. The highest BCUT2D eigenvalue weighted by Crippen LogP contribution is 2.12. The molecule has 14 heavy (non-hydrogen) atoms. The van der Waals surface area contributed by atoms with Crippen molar-refractivity contribution in [2.45, 2.75) is 17.7 Å². The normalized spacial score (nSPS) is 11.6. The van der Waals surface area contributed by atoms with Crippen molar-refractivity contribution in [1.29, 1.82) is 0 Å². The maximum absolute atomic E-state index is 11.2. The summed E-state index contributed by atoms with van der Waals surface area (Å²) in [6.45, 7) is 0. The fourth-order valence-corrected chi connectivity index (χ4v) is 2.03. The molecule has 0 fully saturated rings. The summed E-state index contributed by atoms with van der Waals surface area (Å²) < 4.78 is 22.5. The molecule has 0 spiro atoms. The third-order valence-corrected chi connectivity index (χ3v) is 3.30. The monoisotopic (exact) mass is 232 g/mol. The van der Waals surface area contributed by atoms with Gasteiger partial charge in [0, 0.05) is 12.1 Å². The molecule has 0 atom stereocenters. The zero-order chi connectivity index (χ0) is 10.6. The van der Waals surface area contributed by atoms with Crippen LogP contribution in [0, 0.1) is 0 Å². The first-order valence-corrected chi connectivity index (χ1v) is 6.81. The molecule has 0 radical (unpaired) electrons. The van der Waals surface area contributed by atoms with Crippen LogP contribution < -0.4 is 0 Å². The molecule has 1 aromatic rings. The lowest BCUT2D eigenvalue weighted by atomic mass is 10.1. The van der Waals surface area contributed by atoms with Crippen molar-refractivity contribution < 1.29 is 8.42 Å². The van der Waals surface area contributed by atoms with E-state index in [-0.39, 0.29) is 0 Å². The Morgan fingerprint density at radius 2 is 2.07 bits per heavy atom. The lowest BCUT2D eigenvalue weighted by Gasteiger charge is -2.02. The summed E-state index contributed by atoms with van der Waals surface area (Å²) in [6, 6.07) is 7.00.